The van der Waals surface area contributed by atoms with Crippen molar-refractivity contribution in [1.82, 2.24) is 9.80 Å². The normalized spacial score (nSPS) is 22.5. The van der Waals surface area contributed by atoms with E-state index in [2.05, 4.69) is 24.8 Å². The molecule has 0 radical (unpaired) electrons. The van der Waals surface area contributed by atoms with Crippen molar-refractivity contribution in [3.63, 3.8) is 0 Å². The third-order valence-electron chi connectivity index (χ3n) is 8.11. The van der Waals surface area contributed by atoms with Gasteiger partial charge in [-0.25, -0.2) is 0 Å². The van der Waals surface area contributed by atoms with E-state index in [1.54, 1.807) is 6.07 Å². The van der Waals surface area contributed by atoms with Crippen molar-refractivity contribution in [2.45, 2.75) is 76.8 Å². The summed E-state index contributed by atoms with van der Waals surface area (Å²) in [5.41, 5.74) is 7.28. The van der Waals surface area contributed by atoms with E-state index in [-0.39, 0.29) is 25.0 Å². The summed E-state index contributed by atoms with van der Waals surface area (Å²) in [6, 6.07) is 8.86. The molecule has 2 aliphatic rings. The summed E-state index contributed by atoms with van der Waals surface area (Å²) >= 11 is 0. The van der Waals surface area contributed by atoms with Crippen LogP contribution in [0.2, 0.25) is 0 Å². The Morgan fingerprint density at radius 3 is 2.32 bits per heavy atom. The van der Waals surface area contributed by atoms with E-state index in [4.69, 9.17) is 5.73 Å². The molecular formula is C27H43N3O4. The molecule has 1 aromatic carbocycles. The number of rotatable bonds is 13. The molecular weight excluding hydrogens is 430 g/mol. The standard InChI is InChI=1S/C27H43N3O4/c1-3-19(4-2)16-29(27(34)23(17-31)18-32)11-6-12-30-24-9-10-25(30)15-22(14-24)20-7-5-8-21(13-20)26(28)33/h5,7-8,13,19,22-25,31-32H,3-4,6,9-12,14-18H2,1-2H3,(H2,28,33)/t22?,24-,25+. The molecule has 2 fully saturated rings. The Bertz CT molecular complexity index is 795. The largest absolute Gasteiger partial charge is 0.395 e. The van der Waals surface area contributed by atoms with Crippen molar-refractivity contribution in [3.8, 4) is 0 Å². The lowest BCUT2D eigenvalue weighted by Crippen LogP contribution is -2.45. The van der Waals surface area contributed by atoms with Crippen molar-refractivity contribution in [2.75, 3.05) is 32.8 Å². The molecule has 0 aliphatic carbocycles. The number of nitrogens with two attached hydrogens (primary N) is 1. The van der Waals surface area contributed by atoms with Gasteiger partial charge in [0.2, 0.25) is 11.8 Å². The number of carbonyl (C=O) groups is 2. The number of carbonyl (C=O) groups excluding carboxylic acids is 2. The number of primary amides is 1. The maximum atomic E-state index is 12.9. The molecule has 3 rings (SSSR count). The van der Waals surface area contributed by atoms with Crippen LogP contribution in [0.5, 0.6) is 0 Å². The molecule has 0 spiro atoms. The Kier molecular flexibility index (Phi) is 9.92. The third kappa shape index (κ3) is 6.37. The van der Waals surface area contributed by atoms with Gasteiger partial charge in [0.05, 0.1) is 19.1 Å². The average molecular weight is 474 g/mol. The second-order valence-corrected chi connectivity index (χ2v) is 10.2. The molecule has 4 N–H and O–H groups in total. The van der Waals surface area contributed by atoms with E-state index in [1.165, 1.54) is 18.4 Å². The summed E-state index contributed by atoms with van der Waals surface area (Å²) in [4.78, 5) is 29.0. The molecule has 2 saturated heterocycles. The van der Waals surface area contributed by atoms with Crippen LogP contribution < -0.4 is 5.73 Å². The van der Waals surface area contributed by atoms with Crippen LogP contribution in [0, 0.1) is 11.8 Å². The highest BCUT2D eigenvalue weighted by molar-refractivity contribution is 5.92. The van der Waals surface area contributed by atoms with E-state index < -0.39 is 5.92 Å². The minimum Gasteiger partial charge on any atom is -0.395 e. The Labute approximate surface area is 204 Å². The monoisotopic (exact) mass is 473 g/mol. The smallest absolute Gasteiger partial charge is 0.248 e. The van der Waals surface area contributed by atoms with Crippen LogP contribution in [0.4, 0.5) is 0 Å². The van der Waals surface area contributed by atoms with Crippen LogP contribution in [0.1, 0.15) is 80.6 Å². The lowest BCUT2D eigenvalue weighted by Gasteiger charge is -2.40. The van der Waals surface area contributed by atoms with Crippen molar-refractivity contribution in [2.24, 2.45) is 17.6 Å². The first-order valence-corrected chi connectivity index (χ1v) is 13.1. The zero-order valence-electron chi connectivity index (χ0n) is 20.9. The Morgan fingerprint density at radius 2 is 1.76 bits per heavy atom. The third-order valence-corrected chi connectivity index (χ3v) is 8.11. The number of piperidine rings is 1. The minimum absolute atomic E-state index is 0.132. The van der Waals surface area contributed by atoms with Gasteiger partial charge in [-0.1, -0.05) is 38.8 Å². The lowest BCUT2D eigenvalue weighted by molar-refractivity contribution is -0.139. The van der Waals surface area contributed by atoms with Crippen molar-refractivity contribution < 1.29 is 19.8 Å². The Balaban J connectivity index is 1.59. The first-order valence-electron chi connectivity index (χ1n) is 13.1. The highest BCUT2D eigenvalue weighted by Gasteiger charge is 2.40. The highest BCUT2D eigenvalue weighted by Crippen LogP contribution is 2.43. The fourth-order valence-electron chi connectivity index (χ4n) is 5.92. The highest BCUT2D eigenvalue weighted by atomic mass is 16.3. The molecule has 2 aliphatic heterocycles. The van der Waals surface area contributed by atoms with Gasteiger partial charge in [-0.3, -0.25) is 14.5 Å². The quantitative estimate of drug-likeness (QED) is 0.408. The number of aliphatic hydroxyl groups is 2. The van der Waals surface area contributed by atoms with E-state index >= 15 is 0 Å². The molecule has 3 atom stereocenters. The predicted molar refractivity (Wildman–Crippen MR) is 133 cm³/mol. The molecule has 1 aromatic rings. The molecule has 2 bridgehead atoms. The van der Waals surface area contributed by atoms with E-state index in [9.17, 15) is 19.8 Å². The van der Waals surface area contributed by atoms with Crippen molar-refractivity contribution in [1.29, 1.82) is 0 Å². The van der Waals surface area contributed by atoms with Gasteiger partial charge in [0.1, 0.15) is 0 Å². The maximum Gasteiger partial charge on any atom is 0.248 e. The van der Waals surface area contributed by atoms with Gasteiger partial charge in [-0.15, -0.1) is 0 Å². The summed E-state index contributed by atoms with van der Waals surface area (Å²) in [7, 11) is 0. The number of hydrogen-bond donors (Lipinski definition) is 3. The zero-order valence-corrected chi connectivity index (χ0v) is 20.9. The van der Waals surface area contributed by atoms with E-state index in [0.717, 1.165) is 38.6 Å². The van der Waals surface area contributed by atoms with Crippen molar-refractivity contribution in [3.05, 3.63) is 35.4 Å². The molecule has 0 aromatic heterocycles. The first kappa shape index (κ1) is 26.6. The maximum absolute atomic E-state index is 12.9. The van der Waals surface area contributed by atoms with Crippen molar-refractivity contribution >= 4 is 11.8 Å². The number of amides is 2. The number of fused-ring (bicyclic) bond motifs is 2. The van der Waals surface area contributed by atoms with Crippen LogP contribution >= 0.6 is 0 Å². The molecule has 34 heavy (non-hydrogen) atoms. The molecule has 7 heteroatoms. The first-order chi connectivity index (χ1) is 16.4. The zero-order chi connectivity index (χ0) is 24.7. The predicted octanol–water partition coefficient (Wildman–Crippen LogP) is 2.75. The van der Waals surface area contributed by atoms with E-state index in [1.807, 2.05) is 17.0 Å². The van der Waals surface area contributed by atoms with Gasteiger partial charge in [0.25, 0.3) is 0 Å². The minimum atomic E-state index is -0.725. The number of benzene rings is 1. The fraction of sp³-hybridized carbons (Fsp3) is 0.704. The summed E-state index contributed by atoms with van der Waals surface area (Å²) in [5.74, 6) is -0.342. The average Bonchev–Trinajstić information content (AvgIpc) is 3.08. The van der Waals surface area contributed by atoms with Gasteiger partial charge in [-0.2, -0.15) is 0 Å². The SMILES string of the molecule is CCC(CC)CN(CCCN1[C@@H]2CC[C@H]1CC(c1cccc(C(N)=O)c1)C2)C(=O)C(CO)CO. The van der Waals surface area contributed by atoms with E-state index in [0.29, 0.717) is 42.6 Å². The Hall–Kier alpha value is -1.96. The second kappa shape index (κ2) is 12.7. The lowest BCUT2D eigenvalue weighted by atomic mass is 9.84. The van der Waals surface area contributed by atoms with Gasteiger partial charge in [-0.05, 0) is 61.6 Å². The summed E-state index contributed by atoms with van der Waals surface area (Å²) < 4.78 is 0. The molecule has 1 unspecified atom stereocenters. The van der Waals surface area contributed by atoms with Gasteiger partial charge < -0.3 is 20.8 Å². The molecule has 2 amide bonds. The second-order valence-electron chi connectivity index (χ2n) is 10.2. The van der Waals surface area contributed by atoms with Gasteiger partial charge in [0.15, 0.2) is 0 Å². The van der Waals surface area contributed by atoms with Crippen LogP contribution in [-0.4, -0.2) is 76.8 Å². The summed E-state index contributed by atoms with van der Waals surface area (Å²) in [6.07, 6.45) is 7.49. The number of hydrogen-bond acceptors (Lipinski definition) is 5. The Morgan fingerprint density at radius 1 is 1.12 bits per heavy atom. The number of nitrogens with zero attached hydrogens (tertiary/aromatic N) is 2. The number of aliphatic hydroxyl groups excluding tert-OH is 2. The topological polar surface area (TPSA) is 107 Å². The van der Waals surface area contributed by atoms with Crippen LogP contribution in [0.3, 0.4) is 0 Å². The summed E-state index contributed by atoms with van der Waals surface area (Å²) in [5, 5.41) is 19.1. The van der Waals surface area contributed by atoms with Crippen LogP contribution in [0.25, 0.3) is 0 Å². The molecule has 7 nitrogen and oxygen atoms in total. The van der Waals surface area contributed by atoms with Gasteiger partial charge >= 0.3 is 0 Å². The van der Waals surface area contributed by atoms with Gasteiger partial charge in [0, 0.05) is 37.3 Å². The molecule has 190 valence electrons. The summed E-state index contributed by atoms with van der Waals surface area (Å²) in [6.45, 7) is 5.96. The van der Waals surface area contributed by atoms with Crippen LogP contribution in [-0.2, 0) is 4.79 Å². The fourth-order valence-corrected chi connectivity index (χ4v) is 5.92. The molecule has 0 saturated carbocycles. The molecule has 2 heterocycles. The van der Waals surface area contributed by atoms with Crippen LogP contribution in [0.15, 0.2) is 24.3 Å².